The van der Waals surface area contributed by atoms with Crippen molar-refractivity contribution < 1.29 is 29.2 Å². The van der Waals surface area contributed by atoms with Crippen molar-refractivity contribution in [2.24, 2.45) is 0 Å². The SMILES string of the molecule is Cc1cc2c(cc1Cc1ccc(-c3cccc(F)c3)s1)[C@]1(OC2)O[C@H](C)[C@@H](O)[C@H](O)[C@H]1O. The number of aliphatic hydroxyl groups excluding tert-OH is 3. The van der Waals surface area contributed by atoms with E-state index in [-0.39, 0.29) is 12.4 Å². The molecular formula is C25H25FO5S. The van der Waals surface area contributed by atoms with E-state index < -0.39 is 30.2 Å². The number of aryl methyl sites for hydroxylation is 1. The molecule has 2 aliphatic heterocycles. The fourth-order valence-corrected chi connectivity index (χ4v) is 5.64. The summed E-state index contributed by atoms with van der Waals surface area (Å²) in [4.78, 5) is 2.12. The van der Waals surface area contributed by atoms with Crippen LogP contribution in [0.1, 0.15) is 34.1 Å². The molecule has 0 amide bonds. The van der Waals surface area contributed by atoms with E-state index in [0.717, 1.165) is 32.0 Å². The molecule has 32 heavy (non-hydrogen) atoms. The molecule has 1 saturated heterocycles. The van der Waals surface area contributed by atoms with E-state index in [4.69, 9.17) is 9.47 Å². The molecular weight excluding hydrogens is 431 g/mol. The number of aliphatic hydroxyl groups is 3. The van der Waals surface area contributed by atoms with Gasteiger partial charge in [-0.1, -0.05) is 18.2 Å². The monoisotopic (exact) mass is 456 g/mol. The summed E-state index contributed by atoms with van der Waals surface area (Å²) in [6.07, 6.45) is -4.02. The Morgan fingerprint density at radius 2 is 1.91 bits per heavy atom. The third kappa shape index (κ3) is 3.50. The van der Waals surface area contributed by atoms with Gasteiger partial charge in [-0.2, -0.15) is 0 Å². The van der Waals surface area contributed by atoms with Crippen LogP contribution in [-0.4, -0.2) is 39.7 Å². The summed E-state index contributed by atoms with van der Waals surface area (Å²) in [6.45, 7) is 3.93. The molecule has 7 heteroatoms. The zero-order chi connectivity index (χ0) is 22.6. The van der Waals surface area contributed by atoms with E-state index in [1.807, 2.05) is 37.3 Å². The Hall–Kier alpha value is -2.13. The zero-order valence-electron chi connectivity index (χ0n) is 17.8. The first-order chi connectivity index (χ1) is 15.3. The summed E-state index contributed by atoms with van der Waals surface area (Å²) in [5.74, 6) is -1.76. The van der Waals surface area contributed by atoms with Crippen LogP contribution in [0.15, 0.2) is 48.5 Å². The van der Waals surface area contributed by atoms with Gasteiger partial charge in [0.2, 0.25) is 5.79 Å². The van der Waals surface area contributed by atoms with Gasteiger partial charge >= 0.3 is 0 Å². The van der Waals surface area contributed by atoms with Gasteiger partial charge in [0.15, 0.2) is 0 Å². The molecule has 5 atom stereocenters. The van der Waals surface area contributed by atoms with Crippen LogP contribution < -0.4 is 0 Å². The highest BCUT2D eigenvalue weighted by Gasteiger charge is 2.57. The second-order valence-electron chi connectivity index (χ2n) is 8.59. The summed E-state index contributed by atoms with van der Waals surface area (Å²) >= 11 is 1.61. The van der Waals surface area contributed by atoms with Crippen molar-refractivity contribution in [3.8, 4) is 10.4 Å². The molecule has 3 N–H and O–H groups in total. The third-order valence-corrected chi connectivity index (χ3v) is 7.55. The summed E-state index contributed by atoms with van der Waals surface area (Å²) in [7, 11) is 0. The highest BCUT2D eigenvalue weighted by Crippen LogP contribution is 2.46. The molecule has 1 spiro atoms. The van der Waals surface area contributed by atoms with Gasteiger partial charge < -0.3 is 24.8 Å². The van der Waals surface area contributed by atoms with Crippen LogP contribution in [0.3, 0.4) is 0 Å². The first kappa shape index (κ1) is 21.7. The number of rotatable bonds is 3. The van der Waals surface area contributed by atoms with Gasteiger partial charge in [-0.25, -0.2) is 4.39 Å². The number of hydrogen-bond donors (Lipinski definition) is 3. The average molecular weight is 457 g/mol. The van der Waals surface area contributed by atoms with Gasteiger partial charge in [0.1, 0.15) is 24.1 Å². The maximum Gasteiger partial charge on any atom is 0.225 e. The van der Waals surface area contributed by atoms with Crippen LogP contribution in [0.4, 0.5) is 4.39 Å². The lowest BCUT2D eigenvalue weighted by molar-refractivity contribution is -0.362. The van der Waals surface area contributed by atoms with E-state index in [9.17, 15) is 19.7 Å². The normalized spacial score (nSPS) is 29.4. The smallest absolute Gasteiger partial charge is 0.225 e. The van der Waals surface area contributed by atoms with Crippen molar-refractivity contribution in [3.63, 3.8) is 0 Å². The third-order valence-electron chi connectivity index (χ3n) is 6.42. The van der Waals surface area contributed by atoms with Crippen LogP contribution in [0, 0.1) is 12.7 Å². The van der Waals surface area contributed by atoms with Crippen molar-refractivity contribution in [1.82, 2.24) is 0 Å². The van der Waals surface area contributed by atoms with Crippen molar-refractivity contribution in [3.05, 3.63) is 81.5 Å². The quantitative estimate of drug-likeness (QED) is 0.561. The zero-order valence-corrected chi connectivity index (χ0v) is 18.6. The first-order valence-corrected chi connectivity index (χ1v) is 11.4. The predicted molar refractivity (Wildman–Crippen MR) is 119 cm³/mol. The first-order valence-electron chi connectivity index (χ1n) is 10.6. The number of thiophene rings is 1. The molecule has 0 saturated carbocycles. The maximum atomic E-state index is 13.6. The molecule has 0 aliphatic carbocycles. The van der Waals surface area contributed by atoms with E-state index in [1.54, 1.807) is 24.3 Å². The average Bonchev–Trinajstić information content (AvgIpc) is 3.37. The maximum absolute atomic E-state index is 13.6. The lowest BCUT2D eigenvalue weighted by Crippen LogP contribution is -2.62. The van der Waals surface area contributed by atoms with Crippen molar-refractivity contribution in [1.29, 1.82) is 0 Å². The molecule has 1 fully saturated rings. The topological polar surface area (TPSA) is 79.2 Å². The minimum atomic E-state index is -1.50. The number of hydrogen-bond acceptors (Lipinski definition) is 6. The Morgan fingerprint density at radius 1 is 1.09 bits per heavy atom. The van der Waals surface area contributed by atoms with Crippen LogP contribution in [-0.2, 0) is 28.3 Å². The van der Waals surface area contributed by atoms with Crippen molar-refractivity contribution in [2.75, 3.05) is 0 Å². The molecule has 2 aromatic carbocycles. The van der Waals surface area contributed by atoms with Gasteiger partial charge in [-0.05, 0) is 66.4 Å². The standard InChI is InChI=1S/C25H25FO5S/c1-13-8-17-12-30-25(24(29)23(28)22(27)14(2)31-25)20(17)11-16(13)10-19-6-7-21(32-19)15-4-3-5-18(26)9-15/h3-9,11,14,22-24,27-29H,10,12H2,1-2H3/t14-,22-,23+,24-,25+/m1/s1. The molecule has 5 rings (SSSR count). The summed E-state index contributed by atoms with van der Waals surface area (Å²) in [5, 5.41) is 31.3. The lowest BCUT2D eigenvalue weighted by Gasteiger charge is -2.45. The van der Waals surface area contributed by atoms with Crippen LogP contribution in [0.2, 0.25) is 0 Å². The van der Waals surface area contributed by atoms with E-state index >= 15 is 0 Å². The number of ether oxygens (including phenoxy) is 2. The largest absolute Gasteiger partial charge is 0.388 e. The molecule has 0 bridgehead atoms. The number of fused-ring (bicyclic) bond motifs is 2. The van der Waals surface area contributed by atoms with Crippen LogP contribution >= 0.6 is 11.3 Å². The molecule has 168 valence electrons. The fraction of sp³-hybridized carbons (Fsp3) is 0.360. The Kier molecular flexibility index (Phi) is 5.44. The molecule has 3 aromatic rings. The lowest BCUT2D eigenvalue weighted by atomic mass is 9.86. The summed E-state index contributed by atoms with van der Waals surface area (Å²) < 4.78 is 25.5. The van der Waals surface area contributed by atoms with E-state index in [2.05, 4.69) is 0 Å². The van der Waals surface area contributed by atoms with Gasteiger partial charge in [0, 0.05) is 21.7 Å². The van der Waals surface area contributed by atoms with Gasteiger partial charge in [0.05, 0.1) is 12.7 Å². The van der Waals surface area contributed by atoms with Crippen molar-refractivity contribution in [2.45, 2.75) is 57.1 Å². The van der Waals surface area contributed by atoms with Crippen LogP contribution in [0.25, 0.3) is 10.4 Å². The molecule has 5 nitrogen and oxygen atoms in total. The van der Waals surface area contributed by atoms with Crippen molar-refractivity contribution >= 4 is 11.3 Å². The molecule has 2 aliphatic rings. The highest BCUT2D eigenvalue weighted by atomic mass is 32.1. The predicted octanol–water partition coefficient (Wildman–Crippen LogP) is 3.64. The van der Waals surface area contributed by atoms with Crippen LogP contribution in [0.5, 0.6) is 0 Å². The second-order valence-corrected chi connectivity index (χ2v) is 9.76. The number of benzene rings is 2. The molecule has 3 heterocycles. The second kappa shape index (κ2) is 8.02. The fourth-order valence-electron chi connectivity index (χ4n) is 4.61. The Bertz CT molecular complexity index is 1160. The summed E-state index contributed by atoms with van der Waals surface area (Å²) in [5.41, 5.74) is 4.56. The Labute approximate surface area is 189 Å². The molecule has 0 radical (unpaired) electrons. The highest BCUT2D eigenvalue weighted by molar-refractivity contribution is 7.15. The van der Waals surface area contributed by atoms with Gasteiger partial charge in [0.25, 0.3) is 0 Å². The minimum Gasteiger partial charge on any atom is -0.388 e. The number of halogens is 1. The molecule has 0 unspecified atom stereocenters. The summed E-state index contributed by atoms with van der Waals surface area (Å²) in [6, 6.07) is 14.6. The minimum absolute atomic E-state index is 0.256. The Balaban J connectivity index is 1.47. The van der Waals surface area contributed by atoms with Gasteiger partial charge in [-0.3, -0.25) is 0 Å². The van der Waals surface area contributed by atoms with E-state index in [1.165, 1.54) is 12.1 Å². The molecule has 1 aromatic heterocycles. The van der Waals surface area contributed by atoms with Gasteiger partial charge in [-0.15, -0.1) is 11.3 Å². The Morgan fingerprint density at radius 3 is 2.69 bits per heavy atom. The van der Waals surface area contributed by atoms with E-state index in [0.29, 0.717) is 12.0 Å².